The highest BCUT2D eigenvalue weighted by molar-refractivity contribution is 6.17. The van der Waals surface area contributed by atoms with E-state index in [4.69, 9.17) is 9.47 Å². The zero-order valence-corrected chi connectivity index (χ0v) is 19.1. The van der Waals surface area contributed by atoms with Gasteiger partial charge in [0.1, 0.15) is 22.8 Å². The van der Waals surface area contributed by atoms with Crippen LogP contribution in [0.25, 0.3) is 6.08 Å². The number of nitrogens with one attached hydrogen (secondary N) is 1. The van der Waals surface area contributed by atoms with Gasteiger partial charge in [0.05, 0.1) is 0 Å². The second kappa shape index (κ2) is 10.2. The molecule has 0 aliphatic rings. The molecule has 0 aromatic heterocycles. The Balaban J connectivity index is 3.16. The third kappa shape index (κ3) is 9.93. The average molecular weight is 434 g/mol. The molecule has 1 amide bonds. The van der Waals surface area contributed by atoms with Crippen molar-refractivity contribution in [2.24, 2.45) is 0 Å². The number of carbonyl (C=O) groups is 4. The van der Waals surface area contributed by atoms with Crippen LogP contribution in [-0.4, -0.2) is 46.2 Å². The van der Waals surface area contributed by atoms with Gasteiger partial charge in [-0.15, -0.1) is 0 Å². The maximum absolute atomic E-state index is 12.6. The Kier molecular flexibility index (Phi) is 8.55. The van der Waals surface area contributed by atoms with Crippen molar-refractivity contribution < 1.29 is 33.8 Å². The minimum absolute atomic E-state index is 0.0872. The van der Waals surface area contributed by atoms with Crippen LogP contribution in [0, 0.1) is 0 Å². The molecular formula is C23H31NO7. The number of ether oxygens (including phenoxy) is 2. The number of carboxylic acid groups (broad SMARTS) is 1. The van der Waals surface area contributed by atoms with Gasteiger partial charge in [-0.25, -0.2) is 14.4 Å². The molecule has 0 aliphatic carbocycles. The zero-order valence-electron chi connectivity index (χ0n) is 19.1. The zero-order chi connectivity index (χ0) is 24.0. The lowest BCUT2D eigenvalue weighted by atomic mass is 10.0. The van der Waals surface area contributed by atoms with Crippen molar-refractivity contribution in [1.29, 1.82) is 0 Å². The van der Waals surface area contributed by atoms with E-state index in [0.717, 1.165) is 0 Å². The Bertz CT molecular complexity index is 825. The van der Waals surface area contributed by atoms with Crippen LogP contribution < -0.4 is 5.32 Å². The number of rotatable bonds is 7. The molecule has 8 heteroatoms. The van der Waals surface area contributed by atoms with Gasteiger partial charge in [0.2, 0.25) is 5.91 Å². The third-order valence-corrected chi connectivity index (χ3v) is 3.64. The summed E-state index contributed by atoms with van der Waals surface area (Å²) in [4.78, 5) is 47.7. The van der Waals surface area contributed by atoms with Crippen LogP contribution in [0.2, 0.25) is 0 Å². The smallest absolute Gasteiger partial charge is 0.346 e. The second-order valence-corrected chi connectivity index (χ2v) is 9.10. The van der Waals surface area contributed by atoms with Crippen LogP contribution in [0.1, 0.15) is 59.6 Å². The Morgan fingerprint density at radius 3 is 1.74 bits per heavy atom. The lowest BCUT2D eigenvalue weighted by Gasteiger charge is -2.23. The maximum atomic E-state index is 12.6. The molecule has 1 rings (SSSR count). The molecule has 1 unspecified atom stereocenters. The normalized spacial score (nSPS) is 12.4. The van der Waals surface area contributed by atoms with E-state index in [9.17, 15) is 24.3 Å². The van der Waals surface area contributed by atoms with Crippen LogP contribution >= 0.6 is 0 Å². The first-order valence-corrected chi connectivity index (χ1v) is 9.84. The summed E-state index contributed by atoms with van der Waals surface area (Å²) < 4.78 is 10.7. The molecule has 1 aromatic rings. The van der Waals surface area contributed by atoms with Crippen molar-refractivity contribution in [3.8, 4) is 0 Å². The summed E-state index contributed by atoms with van der Waals surface area (Å²) in [5.74, 6) is -3.19. The van der Waals surface area contributed by atoms with E-state index in [1.807, 2.05) is 0 Å². The van der Waals surface area contributed by atoms with Crippen molar-refractivity contribution in [2.45, 2.75) is 72.1 Å². The number of esters is 2. The van der Waals surface area contributed by atoms with Gasteiger partial charge in [-0.2, -0.15) is 0 Å². The Hall–Kier alpha value is -3.16. The van der Waals surface area contributed by atoms with Gasteiger partial charge in [-0.1, -0.05) is 24.3 Å². The summed E-state index contributed by atoms with van der Waals surface area (Å²) in [6.07, 6.45) is 1.46. The summed E-state index contributed by atoms with van der Waals surface area (Å²) in [7, 11) is 0. The number of aliphatic carboxylic acids is 1. The molecule has 0 heterocycles. The third-order valence-electron chi connectivity index (χ3n) is 3.64. The van der Waals surface area contributed by atoms with Gasteiger partial charge in [0.15, 0.2) is 0 Å². The number of carbonyl (C=O) groups excluding carboxylic acids is 3. The van der Waals surface area contributed by atoms with Gasteiger partial charge in [-0.05, 0) is 58.7 Å². The monoisotopic (exact) mass is 433 g/mol. The first-order chi connectivity index (χ1) is 14.1. The predicted octanol–water partition coefficient (Wildman–Crippen LogP) is 2.89. The molecule has 0 bridgehead atoms. The largest absolute Gasteiger partial charge is 0.480 e. The molecule has 0 fully saturated rings. The Labute approximate surface area is 182 Å². The first kappa shape index (κ1) is 25.9. The molecule has 0 aliphatic heterocycles. The predicted molar refractivity (Wildman–Crippen MR) is 115 cm³/mol. The van der Waals surface area contributed by atoms with Gasteiger partial charge in [-0.3, -0.25) is 4.79 Å². The first-order valence-electron chi connectivity index (χ1n) is 9.84. The number of hydrogen-bond acceptors (Lipinski definition) is 6. The molecule has 2 N–H and O–H groups in total. The van der Waals surface area contributed by atoms with E-state index in [0.29, 0.717) is 11.1 Å². The maximum Gasteiger partial charge on any atom is 0.346 e. The highest BCUT2D eigenvalue weighted by Crippen LogP contribution is 2.19. The van der Waals surface area contributed by atoms with E-state index < -0.39 is 41.1 Å². The fourth-order valence-corrected chi connectivity index (χ4v) is 2.47. The number of hydrogen-bond donors (Lipinski definition) is 2. The minimum atomic E-state index is -1.14. The van der Waals surface area contributed by atoms with Crippen molar-refractivity contribution in [1.82, 2.24) is 5.32 Å². The number of amides is 1. The van der Waals surface area contributed by atoms with Crippen molar-refractivity contribution >= 4 is 29.9 Å². The van der Waals surface area contributed by atoms with E-state index in [-0.39, 0.29) is 12.0 Å². The van der Waals surface area contributed by atoms with Gasteiger partial charge < -0.3 is 19.9 Å². The SMILES string of the molecule is CC(=O)NC(Cc1ccc(C=C(C(=O)OC(C)(C)C)C(=O)OC(C)(C)C)cc1)C(=O)O. The van der Waals surface area contributed by atoms with Crippen LogP contribution in [-0.2, 0) is 35.1 Å². The van der Waals surface area contributed by atoms with Crippen molar-refractivity contribution in [3.05, 3.63) is 41.0 Å². The average Bonchev–Trinajstić information content (AvgIpc) is 2.56. The Morgan fingerprint density at radius 2 is 1.39 bits per heavy atom. The number of carboxylic acids is 1. The van der Waals surface area contributed by atoms with Gasteiger partial charge in [0, 0.05) is 13.3 Å². The lowest BCUT2D eigenvalue weighted by Crippen LogP contribution is -2.41. The van der Waals surface area contributed by atoms with Crippen LogP contribution in [0.3, 0.4) is 0 Å². The molecule has 0 radical (unpaired) electrons. The number of benzene rings is 1. The summed E-state index contributed by atoms with van der Waals surface area (Å²) in [6.45, 7) is 11.4. The molecule has 0 saturated heterocycles. The molecule has 0 saturated carbocycles. The highest BCUT2D eigenvalue weighted by Gasteiger charge is 2.29. The molecular weight excluding hydrogens is 402 g/mol. The molecule has 31 heavy (non-hydrogen) atoms. The molecule has 170 valence electrons. The molecule has 1 aromatic carbocycles. The molecule has 1 atom stereocenters. The topological polar surface area (TPSA) is 119 Å². The fourth-order valence-electron chi connectivity index (χ4n) is 2.47. The van der Waals surface area contributed by atoms with E-state index in [2.05, 4.69) is 5.32 Å². The van der Waals surface area contributed by atoms with E-state index >= 15 is 0 Å². The summed E-state index contributed by atoms with van der Waals surface area (Å²) >= 11 is 0. The molecule has 0 spiro atoms. The fraction of sp³-hybridized carbons (Fsp3) is 0.478. The summed E-state index contributed by atoms with van der Waals surface area (Å²) in [5, 5.41) is 11.6. The van der Waals surface area contributed by atoms with Crippen molar-refractivity contribution in [2.75, 3.05) is 0 Å². The van der Waals surface area contributed by atoms with Crippen LogP contribution in [0.5, 0.6) is 0 Å². The standard InChI is InChI=1S/C23H31NO7/c1-14(25)24-18(19(26)27)13-16-10-8-15(9-11-16)12-17(20(28)30-22(2,3)4)21(29)31-23(5,6)7/h8-12,18H,13H2,1-7H3,(H,24,25)(H,26,27). The lowest BCUT2D eigenvalue weighted by molar-refractivity contribution is -0.158. The van der Waals surface area contributed by atoms with Gasteiger partial charge in [0.25, 0.3) is 0 Å². The van der Waals surface area contributed by atoms with E-state index in [1.54, 1.807) is 65.8 Å². The summed E-state index contributed by atoms with van der Waals surface area (Å²) in [6, 6.07) is 5.53. The quantitative estimate of drug-likeness (QED) is 0.294. The van der Waals surface area contributed by atoms with Crippen molar-refractivity contribution in [3.63, 3.8) is 0 Å². The minimum Gasteiger partial charge on any atom is -0.480 e. The molecule has 8 nitrogen and oxygen atoms in total. The Morgan fingerprint density at radius 1 is 0.935 bits per heavy atom. The van der Waals surface area contributed by atoms with Gasteiger partial charge >= 0.3 is 17.9 Å². The van der Waals surface area contributed by atoms with Crippen LogP contribution in [0.15, 0.2) is 29.8 Å². The summed E-state index contributed by atoms with van der Waals surface area (Å²) in [5.41, 5.74) is -0.648. The second-order valence-electron chi connectivity index (χ2n) is 9.10. The van der Waals surface area contributed by atoms with Crippen LogP contribution in [0.4, 0.5) is 0 Å². The van der Waals surface area contributed by atoms with E-state index in [1.165, 1.54) is 13.0 Å². The highest BCUT2D eigenvalue weighted by atomic mass is 16.6.